The molecule has 1 unspecified atom stereocenters. The number of halogens is 1. The predicted molar refractivity (Wildman–Crippen MR) is 83.5 cm³/mol. The molecule has 1 aromatic heterocycles. The normalized spacial score (nSPS) is 17.0. The number of anilines is 1. The minimum absolute atomic E-state index is 0.236. The van der Waals surface area contributed by atoms with Gasteiger partial charge in [-0.15, -0.1) is 0 Å². The third-order valence-electron chi connectivity index (χ3n) is 3.26. The summed E-state index contributed by atoms with van der Waals surface area (Å²) < 4.78 is 12.4. The van der Waals surface area contributed by atoms with Crippen molar-refractivity contribution in [2.24, 2.45) is 0 Å². The van der Waals surface area contributed by atoms with Crippen molar-refractivity contribution in [1.82, 2.24) is 9.97 Å². The van der Waals surface area contributed by atoms with Crippen LogP contribution < -0.4 is 15.2 Å². The summed E-state index contributed by atoms with van der Waals surface area (Å²) in [6.07, 6.45) is -0.354. The van der Waals surface area contributed by atoms with Crippen LogP contribution in [0, 0.1) is 0 Å². The molecular formula is C15H16BrN3O2. The van der Waals surface area contributed by atoms with E-state index < -0.39 is 0 Å². The summed E-state index contributed by atoms with van der Waals surface area (Å²) in [5, 5.41) is 0. The smallest absolute Gasteiger partial charge is 0.192 e. The number of benzene rings is 1. The summed E-state index contributed by atoms with van der Waals surface area (Å²) in [6, 6.07) is 7.56. The van der Waals surface area contributed by atoms with Crippen molar-refractivity contribution in [2.45, 2.75) is 25.9 Å². The summed E-state index contributed by atoms with van der Waals surface area (Å²) in [7, 11) is 0. The van der Waals surface area contributed by atoms with Crippen LogP contribution in [0.25, 0.3) is 0 Å². The standard InChI is InChI=1S/C15H16BrN3O2/c1-8(2)13-12(16)14(17)19-15(18-13)11-7-20-9-5-3-4-6-10(9)21-11/h3-6,8,11H,7H2,1-2H3,(H2,17,18,19). The van der Waals surface area contributed by atoms with Crippen LogP contribution in [0.5, 0.6) is 11.5 Å². The molecule has 1 aromatic carbocycles. The fourth-order valence-corrected chi connectivity index (χ4v) is 2.81. The van der Waals surface area contributed by atoms with Crippen LogP contribution in [0.4, 0.5) is 5.82 Å². The van der Waals surface area contributed by atoms with E-state index in [1.54, 1.807) is 0 Å². The summed E-state index contributed by atoms with van der Waals surface area (Å²) in [5.41, 5.74) is 6.84. The lowest BCUT2D eigenvalue weighted by atomic mass is 10.1. The molecule has 0 saturated heterocycles. The molecule has 0 saturated carbocycles. The number of ether oxygens (including phenoxy) is 2. The second kappa shape index (κ2) is 5.52. The molecule has 2 aromatic rings. The Morgan fingerprint density at radius 1 is 1.24 bits per heavy atom. The van der Waals surface area contributed by atoms with E-state index in [2.05, 4.69) is 39.7 Å². The summed E-state index contributed by atoms with van der Waals surface area (Å²) in [6.45, 7) is 4.49. The monoisotopic (exact) mass is 349 g/mol. The molecule has 0 bridgehead atoms. The van der Waals surface area contributed by atoms with Crippen LogP contribution in [-0.4, -0.2) is 16.6 Å². The number of fused-ring (bicyclic) bond motifs is 1. The molecule has 1 aliphatic heterocycles. The highest BCUT2D eigenvalue weighted by Crippen LogP contribution is 2.36. The zero-order valence-electron chi connectivity index (χ0n) is 11.8. The topological polar surface area (TPSA) is 70.3 Å². The number of nitrogen functional groups attached to an aromatic ring is 1. The third-order valence-corrected chi connectivity index (χ3v) is 4.08. The van der Waals surface area contributed by atoms with Crippen LogP contribution in [-0.2, 0) is 0 Å². The van der Waals surface area contributed by atoms with E-state index in [1.165, 1.54) is 0 Å². The minimum Gasteiger partial charge on any atom is -0.485 e. The van der Waals surface area contributed by atoms with Gasteiger partial charge in [-0.25, -0.2) is 9.97 Å². The lowest BCUT2D eigenvalue weighted by Gasteiger charge is -2.26. The maximum absolute atomic E-state index is 5.97. The van der Waals surface area contributed by atoms with Gasteiger partial charge in [-0.05, 0) is 34.0 Å². The number of nitrogens with zero attached hydrogens (tertiary/aromatic N) is 2. The molecule has 0 amide bonds. The Hall–Kier alpha value is -1.82. The first-order valence-electron chi connectivity index (χ1n) is 6.77. The van der Waals surface area contributed by atoms with E-state index in [0.29, 0.717) is 24.0 Å². The van der Waals surface area contributed by atoms with Crippen molar-refractivity contribution in [3.8, 4) is 11.5 Å². The maximum Gasteiger partial charge on any atom is 0.192 e. The SMILES string of the molecule is CC(C)c1nc(C2COc3ccccc3O2)nc(N)c1Br. The lowest BCUT2D eigenvalue weighted by molar-refractivity contribution is 0.0849. The van der Waals surface area contributed by atoms with Gasteiger partial charge in [0.2, 0.25) is 0 Å². The fourth-order valence-electron chi connectivity index (χ4n) is 2.17. The van der Waals surface area contributed by atoms with Crippen molar-refractivity contribution < 1.29 is 9.47 Å². The summed E-state index contributed by atoms with van der Waals surface area (Å²) >= 11 is 3.44. The molecule has 1 aliphatic rings. The van der Waals surface area contributed by atoms with Gasteiger partial charge < -0.3 is 15.2 Å². The molecule has 2 N–H and O–H groups in total. The van der Waals surface area contributed by atoms with Gasteiger partial charge in [-0.1, -0.05) is 26.0 Å². The number of aromatic nitrogens is 2. The van der Waals surface area contributed by atoms with Gasteiger partial charge in [0.05, 0.1) is 10.2 Å². The zero-order valence-corrected chi connectivity index (χ0v) is 13.4. The number of rotatable bonds is 2. The molecule has 3 rings (SSSR count). The van der Waals surface area contributed by atoms with Gasteiger partial charge >= 0.3 is 0 Å². The number of nitrogens with two attached hydrogens (primary N) is 1. The summed E-state index contributed by atoms with van der Waals surface area (Å²) in [5.74, 6) is 2.65. The van der Waals surface area contributed by atoms with Crippen molar-refractivity contribution in [3.05, 3.63) is 40.3 Å². The van der Waals surface area contributed by atoms with E-state index in [4.69, 9.17) is 15.2 Å². The number of hydrogen-bond acceptors (Lipinski definition) is 5. The first-order chi connectivity index (χ1) is 10.1. The van der Waals surface area contributed by atoms with Crippen LogP contribution >= 0.6 is 15.9 Å². The Bertz CT molecular complexity index is 676. The second-order valence-electron chi connectivity index (χ2n) is 5.19. The van der Waals surface area contributed by atoms with Crippen molar-refractivity contribution in [2.75, 3.05) is 12.3 Å². The fraction of sp³-hybridized carbons (Fsp3) is 0.333. The molecule has 5 nitrogen and oxygen atoms in total. The molecule has 110 valence electrons. The highest BCUT2D eigenvalue weighted by atomic mass is 79.9. The van der Waals surface area contributed by atoms with Gasteiger partial charge in [0.15, 0.2) is 23.4 Å². The molecule has 0 fully saturated rings. The highest BCUT2D eigenvalue weighted by molar-refractivity contribution is 9.10. The van der Waals surface area contributed by atoms with Gasteiger partial charge in [-0.3, -0.25) is 0 Å². The van der Waals surface area contributed by atoms with Gasteiger partial charge in [-0.2, -0.15) is 0 Å². The molecule has 1 atom stereocenters. The van der Waals surface area contributed by atoms with E-state index in [0.717, 1.165) is 15.9 Å². The van der Waals surface area contributed by atoms with Crippen molar-refractivity contribution in [1.29, 1.82) is 0 Å². The highest BCUT2D eigenvalue weighted by Gasteiger charge is 2.26. The Kier molecular flexibility index (Phi) is 3.71. The third kappa shape index (κ3) is 2.68. The van der Waals surface area contributed by atoms with Crippen LogP contribution in [0.15, 0.2) is 28.7 Å². The Morgan fingerprint density at radius 2 is 1.95 bits per heavy atom. The Balaban J connectivity index is 1.95. The second-order valence-corrected chi connectivity index (χ2v) is 5.98. The molecule has 6 heteroatoms. The molecule has 0 spiro atoms. The van der Waals surface area contributed by atoms with Gasteiger partial charge in [0.1, 0.15) is 12.4 Å². The Morgan fingerprint density at radius 3 is 2.67 bits per heavy atom. The summed E-state index contributed by atoms with van der Waals surface area (Å²) in [4.78, 5) is 8.91. The number of para-hydroxylation sites is 2. The van der Waals surface area contributed by atoms with Crippen LogP contribution in [0.2, 0.25) is 0 Å². The lowest BCUT2D eigenvalue weighted by Crippen LogP contribution is -2.24. The molecular weight excluding hydrogens is 334 g/mol. The van der Waals surface area contributed by atoms with Gasteiger partial charge in [0.25, 0.3) is 0 Å². The molecule has 21 heavy (non-hydrogen) atoms. The van der Waals surface area contributed by atoms with E-state index in [-0.39, 0.29) is 12.0 Å². The van der Waals surface area contributed by atoms with Gasteiger partial charge in [0, 0.05) is 0 Å². The van der Waals surface area contributed by atoms with E-state index in [9.17, 15) is 0 Å². The van der Waals surface area contributed by atoms with Crippen molar-refractivity contribution in [3.63, 3.8) is 0 Å². The molecule has 0 aliphatic carbocycles. The van der Waals surface area contributed by atoms with Crippen LogP contribution in [0.3, 0.4) is 0 Å². The predicted octanol–water partition coefficient (Wildman–Crippen LogP) is 3.46. The van der Waals surface area contributed by atoms with Crippen molar-refractivity contribution >= 4 is 21.7 Å². The quantitative estimate of drug-likeness (QED) is 0.898. The zero-order chi connectivity index (χ0) is 15.0. The first-order valence-corrected chi connectivity index (χ1v) is 7.57. The van der Waals surface area contributed by atoms with E-state index in [1.807, 2.05) is 24.3 Å². The first kappa shape index (κ1) is 14.1. The van der Waals surface area contributed by atoms with E-state index >= 15 is 0 Å². The average Bonchev–Trinajstić information content (AvgIpc) is 2.49. The largest absolute Gasteiger partial charge is 0.485 e. The number of hydrogen-bond donors (Lipinski definition) is 1. The molecule has 0 radical (unpaired) electrons. The average molecular weight is 350 g/mol. The van der Waals surface area contributed by atoms with Crippen LogP contribution in [0.1, 0.15) is 37.4 Å². The maximum atomic E-state index is 5.97. The molecule has 2 heterocycles. The Labute approximate surface area is 131 Å². The minimum atomic E-state index is -0.354.